The lowest BCUT2D eigenvalue weighted by Crippen LogP contribution is -2.36. The average molecular weight is 521 g/mol. The number of carbonyl (C=O) groups excluding carboxylic acids is 3. The van der Waals surface area contributed by atoms with E-state index in [9.17, 15) is 14.4 Å². The highest BCUT2D eigenvalue weighted by molar-refractivity contribution is 9.10. The van der Waals surface area contributed by atoms with Crippen molar-refractivity contribution < 1.29 is 23.9 Å². The van der Waals surface area contributed by atoms with Gasteiger partial charge in [0, 0.05) is 12.6 Å². The number of aryl methyl sites for hydroxylation is 2. The Morgan fingerprint density at radius 1 is 1.12 bits per heavy atom. The average Bonchev–Trinajstić information content (AvgIpc) is 3.07. The third-order valence-electron chi connectivity index (χ3n) is 4.96. The minimum atomic E-state index is -0.669. The van der Waals surface area contributed by atoms with Crippen LogP contribution in [0.5, 0.6) is 5.75 Å². The molecule has 0 saturated heterocycles. The lowest BCUT2D eigenvalue weighted by atomic mass is 9.99. The largest absolute Gasteiger partial charge is 0.481 e. The van der Waals surface area contributed by atoms with Gasteiger partial charge in [-0.2, -0.15) is 0 Å². The highest BCUT2D eigenvalue weighted by atomic mass is 79.9. The van der Waals surface area contributed by atoms with Gasteiger partial charge < -0.3 is 20.1 Å². The van der Waals surface area contributed by atoms with Crippen LogP contribution >= 0.6 is 27.7 Å². The van der Waals surface area contributed by atoms with Crippen LogP contribution in [0.1, 0.15) is 36.5 Å². The summed E-state index contributed by atoms with van der Waals surface area (Å²) in [5.74, 6) is -1.18. The summed E-state index contributed by atoms with van der Waals surface area (Å²) < 4.78 is 11.8. The van der Waals surface area contributed by atoms with Gasteiger partial charge in [-0.15, -0.1) is 0 Å². The summed E-state index contributed by atoms with van der Waals surface area (Å²) in [6, 6.07) is 9.36. The van der Waals surface area contributed by atoms with E-state index in [-0.39, 0.29) is 25.0 Å². The molecule has 7 nitrogen and oxygen atoms in total. The van der Waals surface area contributed by atoms with Gasteiger partial charge in [0.1, 0.15) is 11.7 Å². The third-order valence-corrected chi connectivity index (χ3v) is 6.88. The van der Waals surface area contributed by atoms with Crippen molar-refractivity contribution in [2.24, 2.45) is 0 Å². The Kier molecular flexibility index (Phi) is 7.84. The van der Waals surface area contributed by atoms with Crippen LogP contribution in [0, 0.1) is 13.8 Å². The number of anilines is 1. The molecule has 2 aromatic rings. The summed E-state index contributed by atoms with van der Waals surface area (Å²) in [5, 5.41) is 5.18. The van der Waals surface area contributed by atoms with E-state index in [1.54, 1.807) is 19.1 Å². The zero-order chi connectivity index (χ0) is 23.4. The minimum absolute atomic E-state index is 0.210. The van der Waals surface area contributed by atoms with Gasteiger partial charge in [0.2, 0.25) is 5.91 Å². The Morgan fingerprint density at radius 3 is 2.44 bits per heavy atom. The molecule has 3 rings (SSSR count). The summed E-state index contributed by atoms with van der Waals surface area (Å²) in [6.45, 7) is 7.02. The molecule has 170 valence electrons. The Balaban J connectivity index is 1.83. The fraction of sp³-hybridized carbons (Fsp3) is 0.348. The van der Waals surface area contributed by atoms with Crippen molar-refractivity contribution in [3.05, 3.63) is 51.5 Å². The summed E-state index contributed by atoms with van der Waals surface area (Å²) in [7, 11) is 0. The van der Waals surface area contributed by atoms with Gasteiger partial charge in [-0.1, -0.05) is 36.0 Å². The smallest absolute Gasteiger partial charge is 0.316 e. The molecule has 0 saturated carbocycles. The SMILES string of the molecule is CCOC(=O)C1c2ccc(Br)c(OCC(=O)Nc3c(C)cccc3C)c2SC1NC(C)=O. The molecule has 0 aromatic heterocycles. The molecule has 0 aliphatic carbocycles. The molecule has 1 aliphatic heterocycles. The van der Waals surface area contributed by atoms with Crippen LogP contribution in [0.15, 0.2) is 39.7 Å². The van der Waals surface area contributed by atoms with Gasteiger partial charge in [-0.3, -0.25) is 14.4 Å². The number of hydrogen-bond donors (Lipinski definition) is 2. The number of rotatable bonds is 7. The second-order valence-electron chi connectivity index (χ2n) is 7.37. The number of benzene rings is 2. The molecule has 9 heteroatoms. The van der Waals surface area contributed by atoms with Crippen molar-refractivity contribution in [1.82, 2.24) is 5.32 Å². The predicted molar refractivity (Wildman–Crippen MR) is 127 cm³/mol. The van der Waals surface area contributed by atoms with E-state index in [2.05, 4.69) is 26.6 Å². The van der Waals surface area contributed by atoms with E-state index in [1.807, 2.05) is 32.0 Å². The minimum Gasteiger partial charge on any atom is -0.481 e. The van der Waals surface area contributed by atoms with E-state index >= 15 is 0 Å². The number of ether oxygens (including phenoxy) is 2. The summed E-state index contributed by atoms with van der Waals surface area (Å²) in [6.07, 6.45) is 0. The second-order valence-corrected chi connectivity index (χ2v) is 9.37. The van der Waals surface area contributed by atoms with Crippen LogP contribution in [0.2, 0.25) is 0 Å². The number of esters is 1. The molecule has 1 heterocycles. The van der Waals surface area contributed by atoms with Gasteiger partial charge in [0.05, 0.1) is 21.3 Å². The molecule has 2 N–H and O–H groups in total. The standard InChI is InChI=1S/C23H25BrN2O5S/c1-5-30-23(29)18-15-9-10-16(24)20(21(15)32-22(18)25-14(4)27)31-11-17(28)26-19-12(2)7-6-8-13(19)3/h6-10,18,22H,5,11H2,1-4H3,(H,25,27)(H,26,28). The Bertz CT molecular complexity index is 1040. The van der Waals surface area contributed by atoms with Crippen molar-refractivity contribution >= 4 is 51.2 Å². The Labute approximate surface area is 199 Å². The zero-order valence-corrected chi connectivity index (χ0v) is 20.7. The maximum absolute atomic E-state index is 12.6. The normalized spacial score (nSPS) is 16.8. The first kappa shape index (κ1) is 24.1. The van der Waals surface area contributed by atoms with Crippen molar-refractivity contribution in [2.45, 2.75) is 43.9 Å². The van der Waals surface area contributed by atoms with Crippen LogP contribution in [-0.4, -0.2) is 36.4 Å². The van der Waals surface area contributed by atoms with Gasteiger partial charge in [0.25, 0.3) is 5.91 Å². The molecule has 1 aliphatic rings. The highest BCUT2D eigenvalue weighted by Gasteiger charge is 2.42. The molecule has 2 amide bonds. The molecule has 32 heavy (non-hydrogen) atoms. The summed E-state index contributed by atoms with van der Waals surface area (Å²) in [5.41, 5.74) is 3.39. The van der Waals surface area contributed by atoms with Gasteiger partial charge in [-0.25, -0.2) is 0 Å². The number of halogens is 1. The van der Waals surface area contributed by atoms with Gasteiger partial charge in [-0.05, 0) is 59.5 Å². The molecular formula is C23H25BrN2O5S. The lowest BCUT2D eigenvalue weighted by Gasteiger charge is -2.18. The maximum atomic E-state index is 12.6. The molecule has 2 aromatic carbocycles. The predicted octanol–water partition coefficient (Wildman–Crippen LogP) is 4.30. The van der Waals surface area contributed by atoms with Gasteiger partial charge in [0.15, 0.2) is 6.61 Å². The van der Waals surface area contributed by atoms with Crippen LogP contribution in [-0.2, 0) is 19.1 Å². The second kappa shape index (κ2) is 10.4. The first-order valence-electron chi connectivity index (χ1n) is 10.1. The molecule has 0 spiro atoms. The summed E-state index contributed by atoms with van der Waals surface area (Å²) in [4.78, 5) is 37.6. The van der Waals surface area contributed by atoms with E-state index in [0.29, 0.717) is 20.7 Å². The quantitative estimate of drug-likeness (QED) is 0.528. The van der Waals surface area contributed by atoms with Crippen LogP contribution in [0.4, 0.5) is 5.69 Å². The van der Waals surface area contributed by atoms with Crippen molar-refractivity contribution in [1.29, 1.82) is 0 Å². The molecule has 0 fully saturated rings. The molecule has 2 atom stereocenters. The fourth-order valence-electron chi connectivity index (χ4n) is 3.53. The molecule has 2 unspecified atom stereocenters. The number of nitrogens with one attached hydrogen (secondary N) is 2. The van der Waals surface area contributed by atoms with Crippen molar-refractivity contribution in [3.63, 3.8) is 0 Å². The third kappa shape index (κ3) is 5.27. The van der Waals surface area contributed by atoms with Crippen LogP contribution in [0.25, 0.3) is 0 Å². The topological polar surface area (TPSA) is 93.7 Å². The maximum Gasteiger partial charge on any atom is 0.316 e. The monoisotopic (exact) mass is 520 g/mol. The van der Waals surface area contributed by atoms with E-state index in [4.69, 9.17) is 9.47 Å². The van der Waals surface area contributed by atoms with Gasteiger partial charge >= 0.3 is 5.97 Å². The lowest BCUT2D eigenvalue weighted by molar-refractivity contribution is -0.145. The fourth-order valence-corrected chi connectivity index (χ4v) is 5.59. The highest BCUT2D eigenvalue weighted by Crippen LogP contribution is 2.51. The first-order chi connectivity index (χ1) is 15.2. The number of amides is 2. The number of carbonyl (C=O) groups is 3. The Morgan fingerprint density at radius 2 is 1.81 bits per heavy atom. The van der Waals surface area contributed by atoms with E-state index in [1.165, 1.54) is 18.7 Å². The number of para-hydroxylation sites is 1. The molecule has 0 bridgehead atoms. The van der Waals surface area contributed by atoms with E-state index < -0.39 is 17.3 Å². The van der Waals surface area contributed by atoms with Crippen LogP contribution < -0.4 is 15.4 Å². The number of hydrogen-bond acceptors (Lipinski definition) is 6. The van der Waals surface area contributed by atoms with Crippen LogP contribution in [0.3, 0.4) is 0 Å². The van der Waals surface area contributed by atoms with Crippen molar-refractivity contribution in [3.8, 4) is 5.75 Å². The molecular weight excluding hydrogens is 496 g/mol. The van der Waals surface area contributed by atoms with Crippen molar-refractivity contribution in [2.75, 3.05) is 18.5 Å². The zero-order valence-electron chi connectivity index (χ0n) is 18.3. The number of thioether (sulfide) groups is 1. The van der Waals surface area contributed by atoms with E-state index in [0.717, 1.165) is 16.8 Å². The first-order valence-corrected chi connectivity index (χ1v) is 11.8. The number of fused-ring (bicyclic) bond motifs is 1. The molecule has 0 radical (unpaired) electrons. The summed E-state index contributed by atoms with van der Waals surface area (Å²) >= 11 is 4.78. The Hall–Kier alpha value is -2.52.